The predicted molar refractivity (Wildman–Crippen MR) is 78.4 cm³/mol. The Balaban J connectivity index is 2.02. The van der Waals surface area contributed by atoms with E-state index in [1.165, 1.54) is 18.2 Å². The highest BCUT2D eigenvalue weighted by molar-refractivity contribution is 6.06. The third-order valence-electron chi connectivity index (χ3n) is 4.08. The molecule has 10 heteroatoms. The van der Waals surface area contributed by atoms with Crippen molar-refractivity contribution < 1.29 is 38.8 Å². The molecule has 2 aliphatic heterocycles. The molecule has 0 aromatic heterocycles. The van der Waals surface area contributed by atoms with Crippen LogP contribution in [0.25, 0.3) is 0 Å². The number of carbonyl (C=O) groups excluding carboxylic acids is 2. The van der Waals surface area contributed by atoms with Gasteiger partial charge in [-0.25, -0.2) is 0 Å². The second-order valence-electron chi connectivity index (χ2n) is 5.72. The van der Waals surface area contributed by atoms with Gasteiger partial charge in [-0.15, -0.1) is 10.1 Å². The van der Waals surface area contributed by atoms with Gasteiger partial charge < -0.3 is 19.3 Å². The maximum atomic E-state index is 13.1. The van der Waals surface area contributed by atoms with Crippen LogP contribution in [0.4, 0.5) is 0 Å². The molecule has 1 aromatic carbocycles. The van der Waals surface area contributed by atoms with E-state index in [9.17, 15) is 24.8 Å². The van der Waals surface area contributed by atoms with E-state index in [-0.39, 0.29) is 17.9 Å². The molecule has 2 aliphatic rings. The fourth-order valence-electron chi connectivity index (χ4n) is 3.07. The lowest BCUT2D eigenvalue weighted by Gasteiger charge is -2.28. The van der Waals surface area contributed by atoms with Gasteiger partial charge in [-0.1, -0.05) is 12.1 Å². The number of aliphatic hydroxyl groups excluding tert-OH is 1. The zero-order chi connectivity index (χ0) is 18.2. The summed E-state index contributed by atoms with van der Waals surface area (Å²) in [5, 5.41) is 19.7. The van der Waals surface area contributed by atoms with Crippen LogP contribution < -0.4 is 4.74 Å². The number of Topliss-reactive ketones (excluding diaryl/α,β-unsaturated/α-hetero) is 1. The van der Waals surface area contributed by atoms with Crippen molar-refractivity contribution in [1.82, 2.24) is 0 Å². The van der Waals surface area contributed by atoms with Crippen molar-refractivity contribution in [3.05, 3.63) is 39.9 Å². The molecule has 2 heterocycles. The highest BCUT2D eigenvalue weighted by Crippen LogP contribution is 2.40. The smallest absolute Gasteiger partial charge is 0.308 e. The largest absolute Gasteiger partial charge is 0.426 e. The van der Waals surface area contributed by atoms with Crippen molar-refractivity contribution in [2.45, 2.75) is 30.8 Å². The molecule has 0 bridgehead atoms. The van der Waals surface area contributed by atoms with Crippen LogP contribution in [0, 0.1) is 10.1 Å². The van der Waals surface area contributed by atoms with Crippen LogP contribution in [0.1, 0.15) is 17.3 Å². The monoisotopic (exact) mass is 353 g/mol. The van der Waals surface area contributed by atoms with Crippen LogP contribution in [0.2, 0.25) is 0 Å². The first-order valence-corrected chi connectivity index (χ1v) is 7.42. The first kappa shape index (κ1) is 17.3. The predicted octanol–water partition coefficient (Wildman–Crippen LogP) is -0.0998. The van der Waals surface area contributed by atoms with Gasteiger partial charge in [0.25, 0.3) is 5.09 Å². The summed E-state index contributed by atoms with van der Waals surface area (Å²) < 4.78 is 15.7. The second kappa shape index (κ2) is 6.39. The zero-order valence-electron chi connectivity index (χ0n) is 13.1. The molecular weight excluding hydrogens is 338 g/mol. The molecule has 1 N–H and O–H groups in total. The van der Waals surface area contributed by atoms with Gasteiger partial charge in [0.05, 0.1) is 18.8 Å². The molecule has 0 aliphatic carbocycles. The van der Waals surface area contributed by atoms with Crippen molar-refractivity contribution in [3.63, 3.8) is 0 Å². The second-order valence-corrected chi connectivity index (χ2v) is 5.72. The third-order valence-corrected chi connectivity index (χ3v) is 4.08. The van der Waals surface area contributed by atoms with E-state index < -0.39 is 47.4 Å². The number of hydrogen-bond donors (Lipinski definition) is 1. The first-order valence-electron chi connectivity index (χ1n) is 7.42. The van der Waals surface area contributed by atoms with Crippen molar-refractivity contribution in [3.8, 4) is 5.75 Å². The number of ether oxygens (including phenoxy) is 3. The van der Waals surface area contributed by atoms with E-state index in [1.54, 1.807) is 6.07 Å². The first-order chi connectivity index (χ1) is 11.8. The maximum absolute atomic E-state index is 13.1. The Morgan fingerprint density at radius 3 is 2.76 bits per heavy atom. The van der Waals surface area contributed by atoms with Gasteiger partial charge in [0, 0.05) is 6.92 Å². The van der Waals surface area contributed by atoms with Crippen molar-refractivity contribution in [2.75, 3.05) is 13.2 Å². The Labute approximate surface area is 141 Å². The molecule has 0 amide bonds. The summed E-state index contributed by atoms with van der Waals surface area (Å²) in [5.41, 5.74) is -2.18. The van der Waals surface area contributed by atoms with E-state index in [2.05, 4.69) is 0 Å². The van der Waals surface area contributed by atoms with Gasteiger partial charge in [0.2, 0.25) is 11.4 Å². The van der Waals surface area contributed by atoms with Crippen molar-refractivity contribution >= 4 is 11.8 Å². The minimum atomic E-state index is -2.10. The van der Waals surface area contributed by atoms with E-state index in [4.69, 9.17) is 19.0 Å². The zero-order valence-corrected chi connectivity index (χ0v) is 13.1. The molecule has 10 nitrogen and oxygen atoms in total. The Hall–Kier alpha value is -2.56. The minimum absolute atomic E-state index is 0.0617. The molecule has 2 saturated heterocycles. The SMILES string of the molecule is CC(=O)Oc1ccccc1C(=O)[C@]1(O[N+](=O)[O-])CO[C@@H]2[C@H](O)CO[C@@H]21. The topological polar surface area (TPSA) is 134 Å². The molecule has 2 fully saturated rings. The Kier molecular flexibility index (Phi) is 4.41. The number of para-hydroxylation sites is 1. The minimum Gasteiger partial charge on any atom is -0.426 e. The van der Waals surface area contributed by atoms with Crippen LogP contribution in [0.5, 0.6) is 5.75 Å². The van der Waals surface area contributed by atoms with Gasteiger partial charge in [-0.3, -0.25) is 14.4 Å². The number of fused-ring (bicyclic) bond motifs is 1. The van der Waals surface area contributed by atoms with E-state index in [0.717, 1.165) is 6.92 Å². The lowest BCUT2D eigenvalue weighted by molar-refractivity contribution is -0.777. The van der Waals surface area contributed by atoms with E-state index in [0.29, 0.717) is 0 Å². The number of benzene rings is 1. The number of aliphatic hydroxyl groups is 1. The van der Waals surface area contributed by atoms with Gasteiger partial charge >= 0.3 is 5.97 Å². The maximum Gasteiger partial charge on any atom is 0.308 e. The van der Waals surface area contributed by atoms with E-state index >= 15 is 0 Å². The normalized spacial score (nSPS) is 30.6. The molecular formula is C15H15NO9. The molecule has 0 spiro atoms. The third kappa shape index (κ3) is 2.95. The van der Waals surface area contributed by atoms with Gasteiger partial charge in [0.15, 0.2) is 0 Å². The Bertz CT molecular complexity index is 721. The van der Waals surface area contributed by atoms with Gasteiger partial charge in [-0.2, -0.15) is 0 Å². The van der Waals surface area contributed by atoms with Crippen LogP contribution in [0.15, 0.2) is 24.3 Å². The number of carbonyl (C=O) groups is 2. The summed E-state index contributed by atoms with van der Waals surface area (Å²) >= 11 is 0. The number of esters is 1. The lowest BCUT2D eigenvalue weighted by Crippen LogP contribution is -2.54. The summed E-state index contributed by atoms with van der Waals surface area (Å²) in [6.07, 6.45) is -3.12. The van der Waals surface area contributed by atoms with Gasteiger partial charge in [-0.05, 0) is 12.1 Å². The average Bonchev–Trinajstić information content (AvgIpc) is 3.09. The molecule has 0 radical (unpaired) electrons. The molecule has 1 aromatic rings. The summed E-state index contributed by atoms with van der Waals surface area (Å²) in [7, 11) is 0. The number of hydrogen-bond acceptors (Lipinski definition) is 9. The Morgan fingerprint density at radius 1 is 1.36 bits per heavy atom. The average molecular weight is 353 g/mol. The van der Waals surface area contributed by atoms with Crippen molar-refractivity contribution in [2.24, 2.45) is 0 Å². The molecule has 3 rings (SSSR count). The quantitative estimate of drug-likeness (QED) is 0.253. The number of ketones is 1. The summed E-state index contributed by atoms with van der Waals surface area (Å²) in [6.45, 7) is 0.542. The molecule has 134 valence electrons. The highest BCUT2D eigenvalue weighted by Gasteiger charge is 2.63. The molecule has 0 unspecified atom stereocenters. The van der Waals surface area contributed by atoms with E-state index in [1.807, 2.05) is 0 Å². The standard InChI is InChI=1S/C15H15NO9/c1-8(17)24-11-5-3-2-4-9(11)13(19)15(25-16(20)21)7-23-12-10(18)6-22-14(12)15/h2-5,10,12,14,18H,6-7H2,1H3/t10-,12-,14+,15-/m1/s1. The molecule has 0 saturated carbocycles. The molecule has 25 heavy (non-hydrogen) atoms. The number of rotatable bonds is 5. The highest BCUT2D eigenvalue weighted by atomic mass is 17.0. The Morgan fingerprint density at radius 2 is 2.08 bits per heavy atom. The summed E-state index contributed by atoms with van der Waals surface area (Å²) in [6, 6.07) is 5.79. The van der Waals surface area contributed by atoms with Crippen LogP contribution in [-0.4, -0.2) is 59.1 Å². The lowest BCUT2D eigenvalue weighted by atomic mass is 9.87. The van der Waals surface area contributed by atoms with Crippen LogP contribution in [-0.2, 0) is 19.1 Å². The summed E-state index contributed by atoms with van der Waals surface area (Å²) in [5.74, 6) is -1.55. The van der Waals surface area contributed by atoms with Gasteiger partial charge in [0.1, 0.15) is 24.1 Å². The summed E-state index contributed by atoms with van der Waals surface area (Å²) in [4.78, 5) is 40.0. The van der Waals surface area contributed by atoms with Crippen LogP contribution >= 0.6 is 0 Å². The fourth-order valence-corrected chi connectivity index (χ4v) is 3.07. The fraction of sp³-hybridized carbons (Fsp3) is 0.467. The number of nitrogens with zero attached hydrogens (tertiary/aromatic N) is 1. The van der Waals surface area contributed by atoms with Crippen molar-refractivity contribution in [1.29, 1.82) is 0 Å². The molecule has 4 atom stereocenters. The van der Waals surface area contributed by atoms with Crippen LogP contribution in [0.3, 0.4) is 0 Å².